The maximum absolute atomic E-state index is 2.38. The molecule has 2 unspecified atom stereocenters. The van der Waals surface area contributed by atoms with Gasteiger partial charge in [-0.05, 0) is 28.9 Å². The zero-order valence-electron chi connectivity index (χ0n) is 10.1. The van der Waals surface area contributed by atoms with Crippen LogP contribution in [0.3, 0.4) is 0 Å². The quantitative estimate of drug-likeness (QED) is 0.617. The van der Waals surface area contributed by atoms with Gasteiger partial charge in [-0.2, -0.15) is 0 Å². The number of thioether (sulfide) groups is 1. The van der Waals surface area contributed by atoms with E-state index in [0.29, 0.717) is 11.3 Å². The van der Waals surface area contributed by atoms with E-state index in [1.54, 1.807) is 5.56 Å². The van der Waals surface area contributed by atoms with Crippen molar-refractivity contribution in [2.45, 2.75) is 38.5 Å². The van der Waals surface area contributed by atoms with Crippen LogP contribution in [0.15, 0.2) is 29.2 Å². The van der Waals surface area contributed by atoms with E-state index >= 15 is 0 Å². The van der Waals surface area contributed by atoms with E-state index in [0.717, 1.165) is 5.92 Å². The van der Waals surface area contributed by atoms with Crippen molar-refractivity contribution in [3.05, 3.63) is 29.8 Å². The fraction of sp³-hybridized carbons (Fsp3) is 0.571. The van der Waals surface area contributed by atoms with Crippen molar-refractivity contribution in [3.63, 3.8) is 0 Å². The monoisotopic (exact) mass is 220 g/mol. The van der Waals surface area contributed by atoms with Gasteiger partial charge < -0.3 is 0 Å². The van der Waals surface area contributed by atoms with Crippen LogP contribution in [0.2, 0.25) is 0 Å². The summed E-state index contributed by atoms with van der Waals surface area (Å²) in [5.74, 6) is 2.75. The molecule has 15 heavy (non-hydrogen) atoms. The van der Waals surface area contributed by atoms with Gasteiger partial charge in [-0.1, -0.05) is 45.9 Å². The highest BCUT2D eigenvalue weighted by atomic mass is 32.2. The summed E-state index contributed by atoms with van der Waals surface area (Å²) in [7, 11) is 0. The predicted molar refractivity (Wildman–Crippen MR) is 68.5 cm³/mol. The Kier molecular flexibility index (Phi) is 2.85. The van der Waals surface area contributed by atoms with Crippen LogP contribution >= 0.6 is 11.8 Å². The Labute approximate surface area is 97.5 Å². The van der Waals surface area contributed by atoms with Crippen molar-refractivity contribution >= 4 is 11.8 Å². The van der Waals surface area contributed by atoms with E-state index < -0.39 is 0 Å². The molecular formula is C14H20S. The molecule has 1 aliphatic rings. The zero-order chi connectivity index (χ0) is 11.1. The molecule has 1 aliphatic heterocycles. The van der Waals surface area contributed by atoms with Gasteiger partial charge in [0.2, 0.25) is 0 Å². The standard InChI is InChI=1S/C14H20S/c1-10-11-7-5-6-8-13(11)15-9-12(10)14(2,3)4/h5-8,10,12H,9H2,1-4H3. The van der Waals surface area contributed by atoms with Crippen LogP contribution in [-0.2, 0) is 0 Å². The molecule has 0 radical (unpaired) electrons. The molecule has 0 saturated carbocycles. The van der Waals surface area contributed by atoms with Gasteiger partial charge in [0.25, 0.3) is 0 Å². The first-order valence-electron chi connectivity index (χ1n) is 5.72. The first kappa shape index (κ1) is 11.1. The molecule has 0 nitrogen and oxygen atoms in total. The number of benzene rings is 1. The third-order valence-electron chi connectivity index (χ3n) is 3.54. The minimum absolute atomic E-state index is 0.417. The maximum atomic E-state index is 2.38. The molecule has 82 valence electrons. The van der Waals surface area contributed by atoms with Gasteiger partial charge in [-0.25, -0.2) is 0 Å². The van der Waals surface area contributed by atoms with Crippen LogP contribution in [0.5, 0.6) is 0 Å². The summed E-state index contributed by atoms with van der Waals surface area (Å²) in [5, 5.41) is 0. The highest BCUT2D eigenvalue weighted by Gasteiger charge is 2.34. The largest absolute Gasteiger partial charge is 0.126 e. The Hall–Kier alpha value is -0.430. The molecule has 1 heteroatoms. The second-order valence-corrected chi connectivity index (χ2v) is 6.67. The average molecular weight is 220 g/mol. The lowest BCUT2D eigenvalue weighted by Crippen LogP contribution is -2.30. The third kappa shape index (κ3) is 2.08. The molecule has 0 bridgehead atoms. The van der Waals surface area contributed by atoms with Crippen LogP contribution in [0, 0.1) is 11.3 Å². The van der Waals surface area contributed by atoms with E-state index in [4.69, 9.17) is 0 Å². The molecule has 2 rings (SSSR count). The van der Waals surface area contributed by atoms with Crippen molar-refractivity contribution in [1.82, 2.24) is 0 Å². The summed E-state index contributed by atoms with van der Waals surface area (Å²) in [5.41, 5.74) is 1.97. The molecule has 2 atom stereocenters. The molecule has 0 spiro atoms. The van der Waals surface area contributed by atoms with Crippen LogP contribution in [0.25, 0.3) is 0 Å². The zero-order valence-corrected chi connectivity index (χ0v) is 10.9. The van der Waals surface area contributed by atoms with Crippen LogP contribution in [0.4, 0.5) is 0 Å². The van der Waals surface area contributed by atoms with Crippen molar-refractivity contribution in [2.24, 2.45) is 11.3 Å². The molecule has 0 fully saturated rings. The SMILES string of the molecule is CC1c2ccccc2SCC1C(C)(C)C. The molecule has 0 aliphatic carbocycles. The highest BCUT2D eigenvalue weighted by molar-refractivity contribution is 7.99. The summed E-state index contributed by atoms with van der Waals surface area (Å²) in [6.45, 7) is 9.47. The first-order valence-corrected chi connectivity index (χ1v) is 6.70. The summed E-state index contributed by atoms with van der Waals surface area (Å²) >= 11 is 2.03. The van der Waals surface area contributed by atoms with Crippen molar-refractivity contribution in [2.75, 3.05) is 5.75 Å². The Morgan fingerprint density at radius 2 is 1.87 bits per heavy atom. The molecule has 0 amide bonds. The molecular weight excluding hydrogens is 200 g/mol. The average Bonchev–Trinajstić information content (AvgIpc) is 2.16. The molecule has 1 aromatic carbocycles. The molecule has 0 N–H and O–H groups in total. The van der Waals surface area contributed by atoms with E-state index in [1.807, 2.05) is 11.8 Å². The lowest BCUT2D eigenvalue weighted by atomic mass is 9.72. The predicted octanol–water partition coefficient (Wildman–Crippen LogP) is 4.56. The normalized spacial score (nSPS) is 26.1. The van der Waals surface area contributed by atoms with E-state index in [-0.39, 0.29) is 0 Å². The first-order chi connectivity index (χ1) is 7.00. The van der Waals surface area contributed by atoms with Gasteiger partial charge in [0.05, 0.1) is 0 Å². The maximum Gasteiger partial charge on any atom is 0.0107 e. The second kappa shape index (κ2) is 3.86. The van der Waals surface area contributed by atoms with Crippen LogP contribution < -0.4 is 0 Å². The lowest BCUT2D eigenvalue weighted by Gasteiger charge is -2.39. The molecule has 0 aromatic heterocycles. The summed E-state index contributed by atoms with van der Waals surface area (Å²) < 4.78 is 0. The Bertz CT molecular complexity index is 349. The number of hydrogen-bond donors (Lipinski definition) is 0. The Balaban J connectivity index is 2.34. The third-order valence-corrected chi connectivity index (χ3v) is 4.75. The summed E-state index contributed by atoms with van der Waals surface area (Å²) in [6.07, 6.45) is 0. The number of rotatable bonds is 0. The smallest absolute Gasteiger partial charge is 0.0107 e. The van der Waals surface area contributed by atoms with E-state index in [2.05, 4.69) is 52.0 Å². The van der Waals surface area contributed by atoms with Gasteiger partial charge >= 0.3 is 0 Å². The number of fused-ring (bicyclic) bond motifs is 1. The fourth-order valence-electron chi connectivity index (χ4n) is 2.53. The van der Waals surface area contributed by atoms with Crippen molar-refractivity contribution in [3.8, 4) is 0 Å². The van der Waals surface area contributed by atoms with Crippen molar-refractivity contribution in [1.29, 1.82) is 0 Å². The van der Waals surface area contributed by atoms with Gasteiger partial charge in [-0.15, -0.1) is 11.8 Å². The minimum Gasteiger partial charge on any atom is -0.126 e. The van der Waals surface area contributed by atoms with Gasteiger partial charge in [-0.3, -0.25) is 0 Å². The molecule has 1 heterocycles. The summed E-state index contributed by atoms with van der Waals surface area (Å²) in [6, 6.07) is 8.87. The molecule has 0 saturated heterocycles. The van der Waals surface area contributed by atoms with Gasteiger partial charge in [0.15, 0.2) is 0 Å². The van der Waals surface area contributed by atoms with Crippen LogP contribution in [-0.4, -0.2) is 5.75 Å². The Morgan fingerprint density at radius 1 is 1.20 bits per heavy atom. The van der Waals surface area contributed by atoms with Crippen LogP contribution in [0.1, 0.15) is 39.2 Å². The second-order valence-electron chi connectivity index (χ2n) is 5.61. The van der Waals surface area contributed by atoms with Crippen molar-refractivity contribution < 1.29 is 0 Å². The minimum atomic E-state index is 0.417. The van der Waals surface area contributed by atoms with Gasteiger partial charge in [0, 0.05) is 10.6 Å². The lowest BCUT2D eigenvalue weighted by molar-refractivity contribution is 0.229. The molecule has 1 aromatic rings. The fourth-order valence-corrected chi connectivity index (χ4v) is 4.27. The van der Waals surface area contributed by atoms with Gasteiger partial charge in [0.1, 0.15) is 0 Å². The highest BCUT2D eigenvalue weighted by Crippen LogP contribution is 2.47. The Morgan fingerprint density at radius 3 is 2.53 bits per heavy atom. The van der Waals surface area contributed by atoms with E-state index in [9.17, 15) is 0 Å². The topological polar surface area (TPSA) is 0 Å². The summed E-state index contributed by atoms with van der Waals surface area (Å²) in [4.78, 5) is 1.49. The van der Waals surface area contributed by atoms with E-state index in [1.165, 1.54) is 10.6 Å². The number of hydrogen-bond acceptors (Lipinski definition) is 1.